The molecule has 26 heavy (non-hydrogen) atoms. The van der Waals surface area contributed by atoms with Crippen LogP contribution in [0.3, 0.4) is 0 Å². The Kier molecular flexibility index (Phi) is 6.14. The lowest BCUT2D eigenvalue weighted by molar-refractivity contribution is -0.0805. The van der Waals surface area contributed by atoms with Gasteiger partial charge in [-0.15, -0.1) is 6.58 Å². The molecule has 1 aromatic heterocycles. The van der Waals surface area contributed by atoms with E-state index in [1.807, 2.05) is 13.8 Å². The molecule has 1 aromatic carbocycles. The lowest BCUT2D eigenvalue weighted by Gasteiger charge is -2.23. The average Bonchev–Trinajstić information content (AvgIpc) is 2.62. The summed E-state index contributed by atoms with van der Waals surface area (Å²) in [4.78, 5) is 25.0. The summed E-state index contributed by atoms with van der Waals surface area (Å²) >= 11 is 0. The van der Waals surface area contributed by atoms with E-state index < -0.39 is 42.6 Å². The van der Waals surface area contributed by atoms with Gasteiger partial charge in [0.15, 0.2) is 0 Å². The Morgan fingerprint density at radius 3 is 2.00 bits per heavy atom. The molecule has 0 aliphatic heterocycles. The third-order valence-corrected chi connectivity index (χ3v) is 4.50. The van der Waals surface area contributed by atoms with E-state index in [4.69, 9.17) is 5.11 Å². The highest BCUT2D eigenvalue weighted by Crippen LogP contribution is 2.18. The monoisotopic (exact) mass is 364 g/mol. The summed E-state index contributed by atoms with van der Waals surface area (Å²) in [5.74, 6) is 0. The van der Waals surface area contributed by atoms with Gasteiger partial charge in [0.1, 0.15) is 18.3 Å². The number of rotatable bonds is 7. The normalized spacial score (nSPS) is 15.0. The number of aromatic nitrogens is 2. The van der Waals surface area contributed by atoms with Crippen molar-refractivity contribution in [3.05, 3.63) is 56.6 Å². The van der Waals surface area contributed by atoms with Gasteiger partial charge < -0.3 is 20.4 Å². The summed E-state index contributed by atoms with van der Waals surface area (Å²) in [6, 6.07) is 3.50. The van der Waals surface area contributed by atoms with Crippen LogP contribution in [-0.4, -0.2) is 54.5 Å². The third-order valence-electron chi connectivity index (χ3n) is 4.50. The standard InChI is InChI=1S/C18H24N2O6/c1-4-5-19-12-6-10(2)11(3)7-13(12)20(18(26)17(19)25)8-14(22)16(24)15(23)9-21/h4,6-7,14-16,21-24H,1,5,8-9H2,2-3H3. The van der Waals surface area contributed by atoms with E-state index in [1.54, 1.807) is 12.1 Å². The first-order valence-electron chi connectivity index (χ1n) is 8.23. The minimum absolute atomic E-state index is 0.155. The number of aliphatic hydroxyl groups is 4. The molecule has 3 unspecified atom stereocenters. The second-order valence-electron chi connectivity index (χ2n) is 6.35. The Bertz CT molecular complexity index is 930. The van der Waals surface area contributed by atoms with Gasteiger partial charge in [0.2, 0.25) is 0 Å². The van der Waals surface area contributed by atoms with E-state index >= 15 is 0 Å². The highest BCUT2D eigenvalue weighted by atomic mass is 16.4. The van der Waals surface area contributed by atoms with Gasteiger partial charge in [0.05, 0.1) is 24.2 Å². The molecule has 0 amide bonds. The maximum atomic E-state index is 12.6. The second kappa shape index (κ2) is 7.96. The maximum Gasteiger partial charge on any atom is 0.317 e. The average molecular weight is 364 g/mol. The summed E-state index contributed by atoms with van der Waals surface area (Å²) < 4.78 is 2.39. The van der Waals surface area contributed by atoms with Gasteiger partial charge in [0, 0.05) is 6.54 Å². The van der Waals surface area contributed by atoms with E-state index in [1.165, 1.54) is 10.6 Å². The first kappa shape index (κ1) is 20.1. The van der Waals surface area contributed by atoms with Gasteiger partial charge in [-0.2, -0.15) is 0 Å². The van der Waals surface area contributed by atoms with Crippen LogP contribution in [0.25, 0.3) is 11.0 Å². The summed E-state index contributed by atoms with van der Waals surface area (Å²) in [5, 5.41) is 38.4. The topological polar surface area (TPSA) is 125 Å². The van der Waals surface area contributed by atoms with Crippen LogP contribution < -0.4 is 11.1 Å². The van der Waals surface area contributed by atoms with Crippen molar-refractivity contribution in [3.8, 4) is 0 Å². The lowest BCUT2D eigenvalue weighted by atomic mass is 10.1. The Hall–Kier alpha value is -2.26. The van der Waals surface area contributed by atoms with Gasteiger partial charge in [-0.1, -0.05) is 6.08 Å². The molecule has 8 heteroatoms. The molecule has 0 aliphatic rings. The van der Waals surface area contributed by atoms with Crippen LogP contribution in [0.1, 0.15) is 11.1 Å². The fourth-order valence-corrected chi connectivity index (χ4v) is 2.82. The molecule has 8 nitrogen and oxygen atoms in total. The van der Waals surface area contributed by atoms with Crippen molar-refractivity contribution < 1.29 is 20.4 Å². The van der Waals surface area contributed by atoms with E-state index in [0.717, 1.165) is 15.7 Å². The molecule has 2 aromatic rings. The van der Waals surface area contributed by atoms with Gasteiger partial charge in [-0.05, 0) is 37.1 Å². The van der Waals surface area contributed by atoms with Crippen LogP contribution in [0.15, 0.2) is 34.4 Å². The van der Waals surface area contributed by atoms with Crippen molar-refractivity contribution in [2.75, 3.05) is 6.61 Å². The Morgan fingerprint density at radius 1 is 1.00 bits per heavy atom. The second-order valence-corrected chi connectivity index (χ2v) is 6.35. The van der Waals surface area contributed by atoms with Crippen molar-refractivity contribution in [1.29, 1.82) is 0 Å². The van der Waals surface area contributed by atoms with Crippen molar-refractivity contribution >= 4 is 11.0 Å². The van der Waals surface area contributed by atoms with E-state index in [9.17, 15) is 24.9 Å². The van der Waals surface area contributed by atoms with Crippen molar-refractivity contribution in [2.45, 2.75) is 45.2 Å². The van der Waals surface area contributed by atoms with Crippen molar-refractivity contribution in [1.82, 2.24) is 9.13 Å². The van der Waals surface area contributed by atoms with Crippen LogP contribution in [0, 0.1) is 13.8 Å². The molecule has 2 rings (SSSR count). The predicted molar refractivity (Wildman–Crippen MR) is 97.2 cm³/mol. The first-order valence-corrected chi connectivity index (χ1v) is 8.23. The van der Waals surface area contributed by atoms with Gasteiger partial charge >= 0.3 is 11.1 Å². The van der Waals surface area contributed by atoms with E-state index in [-0.39, 0.29) is 6.54 Å². The maximum absolute atomic E-state index is 12.6. The zero-order valence-electron chi connectivity index (χ0n) is 14.8. The summed E-state index contributed by atoms with van der Waals surface area (Å²) in [5.41, 5.74) is 1.11. The minimum Gasteiger partial charge on any atom is -0.394 e. The molecule has 0 radical (unpaired) electrons. The number of nitrogens with zero attached hydrogens (tertiary/aromatic N) is 2. The number of aliphatic hydroxyl groups excluding tert-OH is 4. The van der Waals surface area contributed by atoms with E-state index in [2.05, 4.69) is 6.58 Å². The fourth-order valence-electron chi connectivity index (χ4n) is 2.82. The Labute approximate surface area is 149 Å². The van der Waals surface area contributed by atoms with Gasteiger partial charge in [-0.3, -0.25) is 18.7 Å². The molecule has 0 saturated heterocycles. The van der Waals surface area contributed by atoms with Crippen LogP contribution in [-0.2, 0) is 13.1 Å². The predicted octanol–water partition coefficient (Wildman–Crippen LogP) is -0.959. The summed E-state index contributed by atoms with van der Waals surface area (Å²) in [6.07, 6.45) is -3.26. The Morgan fingerprint density at radius 2 is 1.50 bits per heavy atom. The van der Waals surface area contributed by atoms with Crippen LogP contribution in [0.2, 0.25) is 0 Å². The number of allylic oxidation sites excluding steroid dienone is 1. The molecule has 0 spiro atoms. The number of benzene rings is 1. The quantitative estimate of drug-likeness (QED) is 0.371. The van der Waals surface area contributed by atoms with Crippen LogP contribution in [0.5, 0.6) is 0 Å². The zero-order valence-corrected chi connectivity index (χ0v) is 14.8. The largest absolute Gasteiger partial charge is 0.394 e. The highest BCUT2D eigenvalue weighted by molar-refractivity contribution is 5.77. The highest BCUT2D eigenvalue weighted by Gasteiger charge is 2.26. The number of aryl methyl sites for hydroxylation is 2. The molecule has 0 bridgehead atoms. The van der Waals surface area contributed by atoms with Gasteiger partial charge in [-0.25, -0.2) is 0 Å². The number of hydrogen-bond acceptors (Lipinski definition) is 6. The molecule has 142 valence electrons. The molecule has 1 heterocycles. The summed E-state index contributed by atoms with van der Waals surface area (Å²) in [7, 11) is 0. The van der Waals surface area contributed by atoms with Crippen molar-refractivity contribution in [3.63, 3.8) is 0 Å². The third kappa shape index (κ3) is 3.63. The molecular weight excluding hydrogens is 340 g/mol. The molecule has 0 aliphatic carbocycles. The Balaban J connectivity index is 2.70. The molecule has 0 saturated carbocycles. The number of hydrogen-bond donors (Lipinski definition) is 4. The van der Waals surface area contributed by atoms with Crippen molar-refractivity contribution in [2.24, 2.45) is 0 Å². The van der Waals surface area contributed by atoms with E-state index in [0.29, 0.717) is 11.0 Å². The molecular formula is C18H24N2O6. The zero-order chi connectivity index (χ0) is 19.6. The fraction of sp³-hybridized carbons (Fsp3) is 0.444. The first-order chi connectivity index (χ1) is 12.2. The number of fused-ring (bicyclic) bond motifs is 1. The van der Waals surface area contributed by atoms with Crippen LogP contribution in [0.4, 0.5) is 0 Å². The summed E-state index contributed by atoms with van der Waals surface area (Å²) in [6.45, 7) is 6.35. The molecule has 0 fully saturated rings. The molecule has 3 atom stereocenters. The minimum atomic E-state index is -1.66. The lowest BCUT2D eigenvalue weighted by Crippen LogP contribution is -2.47. The smallest absolute Gasteiger partial charge is 0.317 e. The SMILES string of the molecule is C=CCn1c(=O)c(=O)n(CC(O)C(O)C(O)CO)c2cc(C)c(C)cc21. The van der Waals surface area contributed by atoms with Crippen LogP contribution >= 0.6 is 0 Å². The molecule has 4 N–H and O–H groups in total. The van der Waals surface area contributed by atoms with Gasteiger partial charge in [0.25, 0.3) is 0 Å².